The highest BCUT2D eigenvalue weighted by Crippen LogP contribution is 2.32. The lowest BCUT2D eigenvalue weighted by atomic mass is 9.79. The van der Waals surface area contributed by atoms with Crippen LogP contribution in [0.2, 0.25) is 0 Å². The summed E-state index contributed by atoms with van der Waals surface area (Å²) in [4.78, 5) is 23.6. The van der Waals surface area contributed by atoms with E-state index in [0.717, 1.165) is 18.5 Å². The number of carboxylic acid groups (broad SMARTS) is 1. The van der Waals surface area contributed by atoms with Crippen molar-refractivity contribution in [2.24, 2.45) is 5.41 Å². The molecule has 0 bridgehead atoms. The van der Waals surface area contributed by atoms with E-state index < -0.39 is 11.4 Å². The van der Waals surface area contributed by atoms with Crippen LogP contribution in [0.1, 0.15) is 50.7 Å². The first kappa shape index (κ1) is 15.5. The van der Waals surface area contributed by atoms with Gasteiger partial charge in [-0.1, -0.05) is 19.9 Å². The predicted octanol–water partition coefficient (Wildman–Crippen LogP) is 3.39. The molecule has 114 valence electrons. The Morgan fingerprint density at radius 1 is 1.19 bits per heavy atom. The van der Waals surface area contributed by atoms with Crippen molar-refractivity contribution in [2.45, 2.75) is 52.4 Å². The zero-order valence-corrected chi connectivity index (χ0v) is 12.7. The van der Waals surface area contributed by atoms with Crippen molar-refractivity contribution in [3.8, 4) is 0 Å². The van der Waals surface area contributed by atoms with Gasteiger partial charge in [0, 0.05) is 12.1 Å². The molecule has 0 aliphatic heterocycles. The second-order valence-corrected chi connectivity index (χ2v) is 5.85. The van der Waals surface area contributed by atoms with Gasteiger partial charge in [0.15, 0.2) is 0 Å². The molecule has 1 aliphatic rings. The van der Waals surface area contributed by atoms with E-state index in [2.05, 4.69) is 11.4 Å². The van der Waals surface area contributed by atoms with Crippen LogP contribution in [-0.4, -0.2) is 17.0 Å². The minimum Gasteiger partial charge on any atom is -0.481 e. The largest absolute Gasteiger partial charge is 0.481 e. The summed E-state index contributed by atoms with van der Waals surface area (Å²) < 4.78 is 0. The van der Waals surface area contributed by atoms with Crippen LogP contribution >= 0.6 is 0 Å². The smallest absolute Gasteiger partial charge is 0.310 e. The van der Waals surface area contributed by atoms with Gasteiger partial charge in [0.25, 0.3) is 0 Å². The first-order valence-corrected chi connectivity index (χ1v) is 7.66. The van der Waals surface area contributed by atoms with Crippen LogP contribution in [-0.2, 0) is 22.4 Å². The molecule has 1 aromatic carbocycles. The Kier molecular flexibility index (Phi) is 4.66. The first-order valence-electron chi connectivity index (χ1n) is 7.66. The Morgan fingerprint density at radius 2 is 1.86 bits per heavy atom. The van der Waals surface area contributed by atoms with Crippen LogP contribution in [0, 0.1) is 5.41 Å². The number of amides is 1. The lowest BCUT2D eigenvalue weighted by molar-refractivity contribution is -0.151. The van der Waals surface area contributed by atoms with Gasteiger partial charge in [0.1, 0.15) is 0 Å². The lowest BCUT2D eigenvalue weighted by Crippen LogP contribution is -2.34. The first-order chi connectivity index (χ1) is 10.0. The number of aryl methyl sites for hydroxylation is 2. The Morgan fingerprint density at radius 3 is 2.48 bits per heavy atom. The number of benzene rings is 1. The maximum atomic E-state index is 12.2. The fourth-order valence-electron chi connectivity index (χ4n) is 3.04. The van der Waals surface area contributed by atoms with Crippen molar-refractivity contribution in [3.63, 3.8) is 0 Å². The molecule has 4 heteroatoms. The van der Waals surface area contributed by atoms with E-state index in [1.807, 2.05) is 26.0 Å². The van der Waals surface area contributed by atoms with Crippen molar-refractivity contribution in [1.29, 1.82) is 0 Å². The summed E-state index contributed by atoms with van der Waals surface area (Å²) >= 11 is 0. The van der Waals surface area contributed by atoms with Gasteiger partial charge in [-0.3, -0.25) is 9.59 Å². The van der Waals surface area contributed by atoms with E-state index in [4.69, 9.17) is 0 Å². The summed E-state index contributed by atoms with van der Waals surface area (Å²) in [5.41, 5.74) is 2.46. The summed E-state index contributed by atoms with van der Waals surface area (Å²) in [5, 5.41) is 12.2. The van der Waals surface area contributed by atoms with Gasteiger partial charge in [-0.25, -0.2) is 0 Å². The molecule has 0 saturated heterocycles. The summed E-state index contributed by atoms with van der Waals surface area (Å²) in [6.07, 6.45) is 4.26. The molecule has 4 nitrogen and oxygen atoms in total. The lowest BCUT2D eigenvalue weighted by Gasteiger charge is -2.25. The monoisotopic (exact) mass is 289 g/mol. The topological polar surface area (TPSA) is 66.4 Å². The molecule has 2 rings (SSSR count). The second kappa shape index (κ2) is 6.29. The van der Waals surface area contributed by atoms with E-state index in [-0.39, 0.29) is 12.3 Å². The number of nitrogens with one attached hydrogen (secondary N) is 1. The molecular formula is C17H23NO3. The predicted molar refractivity (Wildman–Crippen MR) is 82.4 cm³/mol. The average Bonchev–Trinajstić information content (AvgIpc) is 2.92. The minimum absolute atomic E-state index is 0.0203. The SMILES string of the molecule is CCC(CC)(CC(=O)Nc1ccc2c(c1)CCC2)C(=O)O. The van der Waals surface area contributed by atoms with Crippen LogP contribution in [0.4, 0.5) is 5.69 Å². The highest BCUT2D eigenvalue weighted by atomic mass is 16.4. The zero-order chi connectivity index (χ0) is 15.5. The molecule has 2 N–H and O–H groups in total. The minimum atomic E-state index is -0.958. The number of carboxylic acids is 1. The molecule has 1 amide bonds. The highest BCUT2D eigenvalue weighted by molar-refractivity contribution is 5.94. The second-order valence-electron chi connectivity index (χ2n) is 5.85. The Hall–Kier alpha value is -1.84. The summed E-state index contributed by atoms with van der Waals surface area (Å²) in [6.45, 7) is 3.64. The van der Waals surface area contributed by atoms with Crippen LogP contribution in [0.25, 0.3) is 0 Å². The third kappa shape index (κ3) is 3.26. The maximum Gasteiger partial charge on any atom is 0.310 e. The number of fused-ring (bicyclic) bond motifs is 1. The molecule has 0 atom stereocenters. The zero-order valence-electron chi connectivity index (χ0n) is 12.7. The molecule has 0 radical (unpaired) electrons. The fraction of sp³-hybridized carbons (Fsp3) is 0.529. The molecule has 1 aromatic rings. The maximum absolute atomic E-state index is 12.2. The Bertz CT molecular complexity index is 547. The van der Waals surface area contributed by atoms with Crippen LogP contribution in [0.15, 0.2) is 18.2 Å². The highest BCUT2D eigenvalue weighted by Gasteiger charge is 2.37. The van der Waals surface area contributed by atoms with Crippen LogP contribution in [0.3, 0.4) is 0 Å². The standard InChI is InChI=1S/C17H23NO3/c1-3-17(4-2,16(20)21)11-15(19)18-14-9-8-12-6-5-7-13(12)10-14/h8-10H,3-7,11H2,1-2H3,(H,18,19)(H,20,21). The summed E-state index contributed by atoms with van der Waals surface area (Å²) in [7, 11) is 0. The molecule has 1 aliphatic carbocycles. The molecule has 0 aromatic heterocycles. The molecule has 0 fully saturated rings. The molecular weight excluding hydrogens is 266 g/mol. The van der Waals surface area contributed by atoms with Crippen molar-refractivity contribution in [2.75, 3.05) is 5.32 Å². The number of hydrogen-bond donors (Lipinski definition) is 2. The molecule has 0 spiro atoms. The number of carbonyl (C=O) groups is 2. The van der Waals surface area contributed by atoms with Crippen LogP contribution < -0.4 is 5.32 Å². The average molecular weight is 289 g/mol. The Balaban J connectivity index is 2.06. The van der Waals surface area contributed by atoms with E-state index in [1.54, 1.807) is 0 Å². The van der Waals surface area contributed by atoms with Crippen LogP contribution in [0.5, 0.6) is 0 Å². The van der Waals surface area contributed by atoms with Gasteiger partial charge < -0.3 is 10.4 Å². The van der Waals surface area contributed by atoms with E-state index in [0.29, 0.717) is 12.8 Å². The van der Waals surface area contributed by atoms with Crippen molar-refractivity contribution in [3.05, 3.63) is 29.3 Å². The molecule has 0 heterocycles. The van der Waals surface area contributed by atoms with Gasteiger partial charge in [-0.05, 0) is 55.4 Å². The van der Waals surface area contributed by atoms with Gasteiger partial charge >= 0.3 is 5.97 Å². The number of rotatable bonds is 6. The number of carbonyl (C=O) groups excluding carboxylic acids is 1. The van der Waals surface area contributed by atoms with Gasteiger partial charge in [0.05, 0.1) is 5.41 Å². The third-order valence-corrected chi connectivity index (χ3v) is 4.69. The van der Waals surface area contributed by atoms with Crippen molar-refractivity contribution < 1.29 is 14.7 Å². The quantitative estimate of drug-likeness (QED) is 0.843. The third-order valence-electron chi connectivity index (χ3n) is 4.69. The number of aliphatic carboxylic acids is 1. The summed E-state index contributed by atoms with van der Waals surface area (Å²) in [6, 6.07) is 5.98. The fourth-order valence-corrected chi connectivity index (χ4v) is 3.04. The van der Waals surface area contributed by atoms with E-state index >= 15 is 0 Å². The van der Waals surface area contributed by atoms with Crippen molar-refractivity contribution >= 4 is 17.6 Å². The number of anilines is 1. The van der Waals surface area contributed by atoms with Gasteiger partial charge in [-0.2, -0.15) is 0 Å². The van der Waals surface area contributed by atoms with E-state index in [1.165, 1.54) is 17.5 Å². The molecule has 0 unspecified atom stereocenters. The van der Waals surface area contributed by atoms with E-state index in [9.17, 15) is 14.7 Å². The van der Waals surface area contributed by atoms with Crippen molar-refractivity contribution in [1.82, 2.24) is 0 Å². The molecule has 0 saturated carbocycles. The van der Waals surface area contributed by atoms with Gasteiger partial charge in [-0.15, -0.1) is 0 Å². The summed E-state index contributed by atoms with van der Waals surface area (Å²) in [5.74, 6) is -1.12. The number of hydrogen-bond acceptors (Lipinski definition) is 2. The Labute approximate surface area is 125 Å². The molecule has 21 heavy (non-hydrogen) atoms. The normalized spacial score (nSPS) is 13.8. The van der Waals surface area contributed by atoms with Gasteiger partial charge in [0.2, 0.25) is 5.91 Å².